The third-order valence-corrected chi connectivity index (χ3v) is 29.8. The Morgan fingerprint density at radius 2 is 0.740 bits per heavy atom. The number of fused-ring (bicyclic) bond motifs is 25. The van der Waals surface area contributed by atoms with Gasteiger partial charge in [0.05, 0.1) is 114 Å². The fraction of sp³-hybridized carbons (Fsp3) is 0.615. The van der Waals surface area contributed by atoms with Crippen molar-refractivity contribution in [2.75, 3.05) is 175 Å². The quantitative estimate of drug-likeness (QED) is 0.0619. The number of aromatic nitrogens is 8. The number of hydrogen-bond acceptors (Lipinski definition) is 27. The van der Waals surface area contributed by atoms with Crippen molar-refractivity contribution < 1.29 is 80.6 Å². The summed E-state index contributed by atoms with van der Waals surface area (Å²) < 4.78 is 147. The molecule has 10 amide bonds. The summed E-state index contributed by atoms with van der Waals surface area (Å²) in [6.45, 7) is 3.55. The van der Waals surface area contributed by atoms with Gasteiger partial charge in [-0.15, -0.1) is 12.8 Å². The second-order valence-electron chi connectivity index (χ2n) is 35.5. The molecular weight excluding hydrogens is 1860 g/mol. The number of nitrogens with zero attached hydrogens (tertiary/aromatic N) is 19. The van der Waals surface area contributed by atoms with Crippen LogP contribution < -0.4 is 30.2 Å². The average Bonchev–Trinajstić information content (AvgIpc) is 1.55. The lowest BCUT2D eigenvalue weighted by molar-refractivity contribution is -0.142. The molecule has 19 aliphatic rings. The van der Waals surface area contributed by atoms with E-state index in [9.17, 15) is 47.9 Å². The molecule has 10 aliphatic carbocycles. The first-order valence-corrected chi connectivity index (χ1v) is 47.6. The van der Waals surface area contributed by atoms with Gasteiger partial charge in [-0.1, -0.05) is 63.6 Å². The van der Waals surface area contributed by atoms with Crippen molar-refractivity contribution in [1.29, 1.82) is 0 Å². The van der Waals surface area contributed by atoms with Crippen LogP contribution in [0.4, 0.5) is 23.8 Å². The number of allylic oxidation sites excluding steroid dienone is 2. The van der Waals surface area contributed by atoms with Gasteiger partial charge in [-0.3, -0.25) is 87.6 Å². The Kier molecular flexibility index (Phi) is 24.4. The number of piperazine rings is 4. The molecule has 4 aromatic heterocycles. The van der Waals surface area contributed by atoms with E-state index in [0.29, 0.717) is 151 Å². The Morgan fingerprint density at radius 1 is 0.427 bits per heavy atom. The molecule has 32 nitrogen and oxygen atoms in total. The molecule has 35 heteroatoms. The van der Waals surface area contributed by atoms with Gasteiger partial charge in [-0.25, -0.2) is 39.9 Å². The Hall–Kier alpha value is -9.85. The van der Waals surface area contributed by atoms with Crippen LogP contribution in [0.1, 0.15) is 124 Å². The predicted octanol–water partition coefficient (Wildman–Crippen LogP) is 6.14. The Balaban J connectivity index is 0.000000144. The molecule has 0 aromatic carbocycles. The zero-order valence-corrected chi connectivity index (χ0v) is 77.0. The minimum absolute atomic E-state index is 0.0175. The summed E-state index contributed by atoms with van der Waals surface area (Å²) in [5.74, 6) is 13.4. The fourth-order valence-electron chi connectivity index (χ4n) is 22.7. The summed E-state index contributed by atoms with van der Waals surface area (Å²) in [6, 6.07) is 0.480. The van der Waals surface area contributed by atoms with Crippen LogP contribution in [0.2, 0.25) is 0 Å². The van der Waals surface area contributed by atoms with E-state index in [1.54, 1.807) is 39.5 Å². The first-order chi connectivity index (χ1) is 72.1. The smallest absolute Gasteiger partial charge is 0.234 e. The highest BCUT2D eigenvalue weighted by atomic mass is 79.9. The number of carbonyl (C=O) groups excluding carboxylic acids is 11. The second-order valence-corrected chi connectivity index (χ2v) is 37.9. The van der Waals surface area contributed by atoms with Crippen molar-refractivity contribution in [3.8, 4) is 48.4 Å². The maximum Gasteiger partial charge on any atom is 0.234 e. The SMILES string of the molecule is Brc1cnc(N2CCNCC2)nc1.C#CCBr.O=C1NC(=O)[C@H]2[C@@H]1[C@H]1C=C[C@@H]2C1.[2H]C([2H])(C#CCN1C(=O)[C@@H]2[C@@H]3CC[C@@H](C3)[C@@H]2C1=O)N1CCN(c2ncc(Br)cn2)CC1.[2H]C([2H])=O.[2H]C1C([2H])[C@@H]2C[C@H]1[C@@H]1C(=O)N(CC#C)C(=O)[C@@H]12.[2H][2H].[2H][2H].[2H]c1cnc(N2CCN(C([2H])([2H])C#CCN3C(=O)[C@@H]4[C@H](C3=O)[C@H]3C[C@@H]4C([2H])C3[2H])CC2)nc1.[2H]c1cnc(N2CCN(C([2H])([2H])CCCN3C(=O)[C@@H]4[C@H](C3=O)[C@H]3C[C@@H]4C([2H])C3[2H])CC2)nc1. The monoisotopic (exact) mass is 2000 g/mol. The van der Waals surface area contributed by atoms with E-state index in [4.69, 9.17) is 45.5 Å². The van der Waals surface area contributed by atoms with Crippen LogP contribution in [-0.4, -0.2) is 296 Å². The van der Waals surface area contributed by atoms with Crippen LogP contribution >= 0.6 is 47.8 Å². The molecule has 23 rings (SSSR count). The summed E-state index contributed by atoms with van der Waals surface area (Å²) in [5, 5.41) is 6.35. The normalized spacial score (nSPS) is 37.4. The molecule has 0 radical (unpaired) electrons. The van der Waals surface area contributed by atoms with Crippen molar-refractivity contribution in [2.45, 2.75) is 96.2 Å². The topological polar surface area (TPSA) is 351 Å². The zero-order valence-electron chi connectivity index (χ0n) is 92.3. The summed E-state index contributed by atoms with van der Waals surface area (Å²) in [6.07, 6.45) is 29.9. The molecule has 9 aliphatic heterocycles. The van der Waals surface area contributed by atoms with Gasteiger partial charge in [0, 0.05) is 178 Å². The van der Waals surface area contributed by atoms with E-state index in [-0.39, 0.29) is 175 Å². The standard InChI is InChI=1S/C21H24BrN5O2.C21H29N5O2.C21H25N5O2.C12H13NO2.C9H9NO2.C8H11BrN4.C3H3Br.CH2O.2H2/c22-16-12-23-21(24-13-16)26-9-7-25(8-10-26)5-1-2-6-27-19(28)17-14-3-4-15(11-14)18(17)20(27)29;2*27-19-17-15-4-5-16(14-15)18(17)20(28)26(19)9-2-1-8-24-10-12-25(13-11-24)21-22-6-3-7-23-21;1-2-5-13-11(14)9-7-3-4-8(6-7)10(9)12(13)15;11-8-6-4-1-2-5(3-4)7(6)9(12)10-8;9-7-5-11-8(12-6-7)13-3-1-10-2-4-13;1-2-3-4;1-2;;/h12-15,17-18H,3-11H2;3,6-7,15-18H,1-2,4-5,8-14H2;3,6-7,15-18H,4-5,8-14H2;1,7-10H,3-6H2;1-2,4-7H,3H2,(H,10,11,12);5-6,10H,1-4H2;1H,3H2;1H2;2*1H/t14-,15+,17-,18+;2*15-,16+,17-,18+;7-,8+,9-,10+;4-,5+,6-,7+;;;;;/i5D2;2*3D,4D,5D,8D2;3D,4D;;;;1D2;2*1+1D/tm;2*4?,5?,15-,16+,17-,18+;3?,4?,7-,8+,9-,10+;;;;;;. The van der Waals surface area contributed by atoms with Gasteiger partial charge >= 0.3 is 0 Å². The molecule has 696 valence electrons. The number of terminal acetylenes is 2. The molecule has 18 fully saturated rings. The molecular formula is C96H120Br3N21O11. The predicted molar refractivity (Wildman–Crippen MR) is 501 cm³/mol. The first kappa shape index (κ1) is 73.6. The number of alkyl halides is 1. The maximum absolute atomic E-state index is 12.9. The van der Waals surface area contributed by atoms with Crippen LogP contribution in [0, 0.1) is 167 Å². The highest BCUT2D eigenvalue weighted by Crippen LogP contribution is 2.60. The highest BCUT2D eigenvalue weighted by molar-refractivity contribution is 9.10. The van der Waals surface area contributed by atoms with E-state index in [1.165, 1.54) is 34.6 Å². The van der Waals surface area contributed by atoms with E-state index in [0.717, 1.165) is 76.6 Å². The van der Waals surface area contributed by atoms with E-state index < -0.39 is 88.3 Å². The second kappa shape index (κ2) is 43.4. The largest absolute Gasteiger partial charge is 0.338 e. The van der Waals surface area contributed by atoms with E-state index in [2.05, 4.69) is 151 Å². The van der Waals surface area contributed by atoms with Gasteiger partial charge in [0.2, 0.25) is 82.9 Å². The van der Waals surface area contributed by atoms with E-state index >= 15 is 0 Å². The highest BCUT2D eigenvalue weighted by Gasteiger charge is 2.65. The molecule has 9 saturated carbocycles. The van der Waals surface area contributed by atoms with Gasteiger partial charge in [0.15, 0.2) is 0 Å². The molecule has 13 heterocycles. The third-order valence-electron chi connectivity index (χ3n) is 28.6. The van der Waals surface area contributed by atoms with Crippen LogP contribution in [0.25, 0.3) is 0 Å². The van der Waals surface area contributed by atoms with Crippen molar-refractivity contribution in [3.05, 3.63) is 82.8 Å². The van der Waals surface area contributed by atoms with Crippen molar-refractivity contribution >= 4 is 137 Å². The van der Waals surface area contributed by atoms with Crippen LogP contribution in [0.3, 0.4) is 0 Å². The van der Waals surface area contributed by atoms with Gasteiger partial charge in [0.25, 0.3) is 0 Å². The number of rotatable bonds is 14. The number of nitrogens with one attached hydrogen (secondary N) is 2. The number of carbonyl (C=O) groups is 11. The van der Waals surface area contributed by atoms with Gasteiger partial charge < -0.3 is 29.7 Å². The van der Waals surface area contributed by atoms with Gasteiger partial charge in [0.1, 0.15) is 9.48 Å². The minimum Gasteiger partial charge on any atom is -0.338 e. The summed E-state index contributed by atoms with van der Waals surface area (Å²) >= 11 is 9.65. The average molecular weight is 2000 g/mol. The van der Waals surface area contributed by atoms with Crippen molar-refractivity contribution in [1.82, 2.24) is 84.8 Å². The number of likely N-dealkylation sites (tertiary alicyclic amines) is 4. The minimum atomic E-state index is -1.92. The summed E-state index contributed by atoms with van der Waals surface area (Å²) in [7, 11) is 0. The number of amides is 10. The molecule has 2 N–H and O–H groups in total. The number of halogens is 3. The lowest BCUT2D eigenvalue weighted by atomic mass is 9.81. The van der Waals surface area contributed by atoms with Crippen LogP contribution in [0.15, 0.2) is 82.8 Å². The first-order valence-electron chi connectivity index (χ1n) is 55.4. The molecule has 131 heavy (non-hydrogen) atoms. The Labute approximate surface area is 819 Å². The fourth-order valence-corrected chi connectivity index (χ4v) is 23.1. The van der Waals surface area contributed by atoms with Gasteiger partial charge in [-0.05, 0) is 206 Å². The molecule has 10 bridgehead atoms. The number of hydrogen-bond donors (Lipinski definition) is 2. The van der Waals surface area contributed by atoms with E-state index in [1.807, 2.05) is 14.7 Å². The Bertz CT molecular complexity index is 5710. The van der Waals surface area contributed by atoms with Gasteiger partial charge in [-0.2, -0.15) is 0 Å². The molecule has 4 aromatic rings. The zero-order chi connectivity index (χ0) is 109. The Morgan fingerprint density at radius 3 is 1.09 bits per heavy atom. The molecule has 6 unspecified atom stereocenters. The van der Waals surface area contributed by atoms with Crippen LogP contribution in [-0.2, 0) is 52.7 Å². The number of imide groups is 5. The maximum atomic E-state index is 12.9. The number of anilines is 4. The summed E-state index contributed by atoms with van der Waals surface area (Å²) in [5.41, 5.74) is 0. The summed E-state index contributed by atoms with van der Waals surface area (Å²) in [4.78, 5) is 184. The lowest BCUT2D eigenvalue weighted by Gasteiger charge is -2.34. The third kappa shape index (κ3) is 20.5. The molecule has 9 saturated heterocycles. The van der Waals surface area contributed by atoms with Crippen LogP contribution in [0.5, 0.6) is 0 Å². The lowest BCUT2D eigenvalue weighted by Crippen LogP contribution is -2.47. The van der Waals surface area contributed by atoms with Crippen molar-refractivity contribution in [3.63, 3.8) is 0 Å². The van der Waals surface area contributed by atoms with Crippen molar-refractivity contribution in [2.24, 2.45) is 118 Å². The molecule has 0 spiro atoms. The molecule has 26 atom stereocenters.